The Bertz CT molecular complexity index is 789. The Kier molecular flexibility index (Phi) is 3.15. The highest BCUT2D eigenvalue weighted by Crippen LogP contribution is 2.33. The molecule has 114 valence electrons. The van der Waals surface area contributed by atoms with E-state index in [4.69, 9.17) is 0 Å². The zero-order valence-electron chi connectivity index (χ0n) is 12.3. The lowest BCUT2D eigenvalue weighted by Gasteiger charge is -2.12. The van der Waals surface area contributed by atoms with Gasteiger partial charge in [0.15, 0.2) is 11.3 Å². The molecule has 0 aromatic carbocycles. The lowest BCUT2D eigenvalue weighted by molar-refractivity contribution is 0.426. The van der Waals surface area contributed by atoms with Crippen molar-refractivity contribution in [3.8, 4) is 0 Å². The molecule has 22 heavy (non-hydrogen) atoms. The summed E-state index contributed by atoms with van der Waals surface area (Å²) < 4.78 is 5.87. The number of rotatable bonds is 3. The minimum atomic E-state index is -0.0291. The molecule has 0 aliphatic carbocycles. The zero-order chi connectivity index (χ0) is 15.3. The average molecular weight is 334 g/mol. The highest BCUT2D eigenvalue weighted by atomic mass is 32.2. The van der Waals surface area contributed by atoms with Crippen LogP contribution in [0.4, 0.5) is 0 Å². The topological polar surface area (TPSA) is 83.6 Å². The maximum Gasteiger partial charge on any atom is 0.192 e. The van der Waals surface area contributed by atoms with Crippen molar-refractivity contribution in [3.05, 3.63) is 28.0 Å². The SMILES string of the molecule is CCc1cc(C2=NN3C(c4snnc4C)=NNC3S2)nn1C. The second-order valence-electron chi connectivity index (χ2n) is 4.97. The minimum Gasteiger partial charge on any atom is -0.274 e. The van der Waals surface area contributed by atoms with Crippen LogP contribution in [-0.2, 0) is 13.5 Å². The number of amidine groups is 1. The molecule has 1 unspecified atom stereocenters. The van der Waals surface area contributed by atoms with E-state index in [0.29, 0.717) is 0 Å². The number of nitrogens with zero attached hydrogens (tertiary/aromatic N) is 7. The van der Waals surface area contributed by atoms with Gasteiger partial charge < -0.3 is 0 Å². The number of aryl methyl sites for hydroxylation is 3. The van der Waals surface area contributed by atoms with E-state index in [-0.39, 0.29) is 5.50 Å². The van der Waals surface area contributed by atoms with Crippen molar-refractivity contribution in [2.45, 2.75) is 25.8 Å². The van der Waals surface area contributed by atoms with Gasteiger partial charge in [-0.25, -0.2) is 5.01 Å². The first kappa shape index (κ1) is 13.7. The second kappa shape index (κ2) is 5.06. The Morgan fingerprint density at radius 1 is 1.41 bits per heavy atom. The van der Waals surface area contributed by atoms with E-state index in [9.17, 15) is 0 Å². The van der Waals surface area contributed by atoms with Crippen LogP contribution in [0.2, 0.25) is 0 Å². The molecule has 4 heterocycles. The Hall–Kier alpha value is -1.94. The van der Waals surface area contributed by atoms with Crippen LogP contribution in [-0.4, -0.2) is 40.8 Å². The molecule has 2 aliphatic rings. The first-order chi connectivity index (χ1) is 10.7. The van der Waals surface area contributed by atoms with Gasteiger partial charge in [0.05, 0.1) is 5.69 Å². The van der Waals surface area contributed by atoms with E-state index in [1.807, 2.05) is 23.7 Å². The molecule has 2 aromatic heterocycles. The van der Waals surface area contributed by atoms with Crippen LogP contribution in [0.15, 0.2) is 16.3 Å². The molecule has 0 amide bonds. The largest absolute Gasteiger partial charge is 0.274 e. The number of nitrogens with one attached hydrogen (secondary N) is 1. The predicted molar refractivity (Wildman–Crippen MR) is 86.7 cm³/mol. The number of aromatic nitrogens is 4. The van der Waals surface area contributed by atoms with Gasteiger partial charge in [0.2, 0.25) is 0 Å². The Morgan fingerprint density at radius 3 is 2.95 bits per heavy atom. The van der Waals surface area contributed by atoms with Gasteiger partial charge in [0.25, 0.3) is 0 Å². The van der Waals surface area contributed by atoms with E-state index >= 15 is 0 Å². The van der Waals surface area contributed by atoms with Gasteiger partial charge in [-0.05, 0) is 30.9 Å². The lowest BCUT2D eigenvalue weighted by Crippen LogP contribution is -2.30. The molecule has 2 aromatic rings. The maximum atomic E-state index is 4.68. The second-order valence-corrected chi connectivity index (χ2v) is 6.79. The van der Waals surface area contributed by atoms with Crippen LogP contribution in [0.25, 0.3) is 0 Å². The first-order valence-electron chi connectivity index (χ1n) is 6.87. The quantitative estimate of drug-likeness (QED) is 0.905. The summed E-state index contributed by atoms with van der Waals surface area (Å²) >= 11 is 2.94. The Labute approximate surface area is 135 Å². The molecular weight excluding hydrogens is 320 g/mol. The summed E-state index contributed by atoms with van der Waals surface area (Å²) in [6.45, 7) is 4.04. The summed E-state index contributed by atoms with van der Waals surface area (Å²) in [6.07, 6.45) is 0.950. The van der Waals surface area contributed by atoms with Crippen LogP contribution in [0, 0.1) is 6.92 Å². The monoisotopic (exact) mass is 334 g/mol. The van der Waals surface area contributed by atoms with E-state index in [1.165, 1.54) is 17.2 Å². The molecule has 2 aliphatic heterocycles. The van der Waals surface area contributed by atoms with Gasteiger partial charge in [-0.2, -0.15) is 15.3 Å². The molecule has 0 bridgehead atoms. The number of thioether (sulfide) groups is 1. The highest BCUT2D eigenvalue weighted by molar-refractivity contribution is 8.15. The van der Waals surface area contributed by atoms with Crippen molar-refractivity contribution >= 4 is 34.2 Å². The fourth-order valence-corrected chi connectivity index (χ4v) is 3.94. The zero-order valence-corrected chi connectivity index (χ0v) is 13.9. The Morgan fingerprint density at radius 2 is 2.27 bits per heavy atom. The fourth-order valence-electron chi connectivity index (χ4n) is 2.38. The first-order valence-corrected chi connectivity index (χ1v) is 8.53. The molecule has 0 saturated heterocycles. The number of fused-ring (bicyclic) bond motifs is 1. The van der Waals surface area contributed by atoms with Crippen molar-refractivity contribution in [1.29, 1.82) is 0 Å². The minimum absolute atomic E-state index is 0.0291. The third kappa shape index (κ3) is 2.02. The summed E-state index contributed by atoms with van der Waals surface area (Å²) in [5.41, 5.74) is 6.03. The van der Waals surface area contributed by atoms with Crippen LogP contribution in [0.1, 0.15) is 28.9 Å². The molecule has 0 saturated carbocycles. The molecule has 1 atom stereocenters. The standard InChI is InChI=1S/C12H14N8S2/c1-4-7-5-8(16-19(7)3)11-17-20-10(14-15-12(20)21-11)9-6(2)13-18-22-9/h5,12,15H,4H2,1-3H3. The van der Waals surface area contributed by atoms with Crippen molar-refractivity contribution < 1.29 is 0 Å². The van der Waals surface area contributed by atoms with E-state index in [1.54, 1.807) is 11.8 Å². The van der Waals surface area contributed by atoms with Crippen LogP contribution in [0.3, 0.4) is 0 Å². The average Bonchev–Trinajstić information content (AvgIpc) is 3.21. The number of hydrogen-bond acceptors (Lipinski definition) is 9. The molecule has 0 radical (unpaired) electrons. The molecular formula is C12H14N8S2. The summed E-state index contributed by atoms with van der Waals surface area (Å²) in [5, 5.41) is 20.4. The molecule has 0 fully saturated rings. The summed E-state index contributed by atoms with van der Waals surface area (Å²) in [7, 11) is 1.96. The number of hydrogen-bond donors (Lipinski definition) is 1. The third-order valence-corrected chi connectivity index (χ3v) is 5.42. The van der Waals surface area contributed by atoms with Crippen molar-refractivity contribution in [3.63, 3.8) is 0 Å². The van der Waals surface area contributed by atoms with Gasteiger partial charge in [-0.1, -0.05) is 23.2 Å². The van der Waals surface area contributed by atoms with E-state index in [0.717, 1.165) is 33.6 Å². The van der Waals surface area contributed by atoms with Gasteiger partial charge >= 0.3 is 0 Å². The molecule has 0 spiro atoms. The lowest BCUT2D eigenvalue weighted by atomic mass is 10.3. The molecule has 8 nitrogen and oxygen atoms in total. The van der Waals surface area contributed by atoms with Crippen molar-refractivity contribution in [2.24, 2.45) is 17.3 Å². The van der Waals surface area contributed by atoms with E-state index in [2.05, 4.69) is 43.3 Å². The normalized spacial score (nSPS) is 20.0. The highest BCUT2D eigenvalue weighted by Gasteiger charge is 2.38. The molecule has 10 heteroatoms. The van der Waals surface area contributed by atoms with Crippen molar-refractivity contribution in [1.82, 2.24) is 29.8 Å². The smallest absolute Gasteiger partial charge is 0.192 e. The third-order valence-electron chi connectivity index (χ3n) is 3.55. The fraction of sp³-hybridized carbons (Fsp3) is 0.417. The predicted octanol–water partition coefficient (Wildman–Crippen LogP) is 1.10. The summed E-state index contributed by atoms with van der Waals surface area (Å²) in [5.74, 6) is 0.770. The summed E-state index contributed by atoms with van der Waals surface area (Å²) in [4.78, 5) is 0.941. The molecule has 1 N–H and O–H groups in total. The van der Waals surface area contributed by atoms with Crippen LogP contribution in [0.5, 0.6) is 0 Å². The molecule has 4 rings (SSSR count). The van der Waals surface area contributed by atoms with Crippen LogP contribution >= 0.6 is 23.3 Å². The van der Waals surface area contributed by atoms with Gasteiger partial charge in [0, 0.05) is 12.7 Å². The maximum absolute atomic E-state index is 4.68. The number of hydrazone groups is 2. The van der Waals surface area contributed by atoms with Gasteiger partial charge in [-0.3, -0.25) is 10.1 Å². The summed E-state index contributed by atoms with van der Waals surface area (Å²) in [6, 6.07) is 2.09. The Balaban J connectivity index is 1.66. The van der Waals surface area contributed by atoms with E-state index < -0.39 is 0 Å². The van der Waals surface area contributed by atoms with Gasteiger partial charge in [0.1, 0.15) is 15.6 Å². The van der Waals surface area contributed by atoms with Crippen LogP contribution < -0.4 is 5.43 Å². The van der Waals surface area contributed by atoms with Gasteiger partial charge in [-0.15, -0.1) is 5.10 Å². The van der Waals surface area contributed by atoms with Crippen molar-refractivity contribution in [2.75, 3.05) is 0 Å².